The molecule has 3 heteroatoms. The summed E-state index contributed by atoms with van der Waals surface area (Å²) in [5.41, 5.74) is 0.881. The number of hydrogen-bond donors (Lipinski definition) is 1. The van der Waals surface area contributed by atoms with Crippen LogP contribution in [-0.2, 0) is 5.60 Å². The minimum atomic E-state index is -0.970. The van der Waals surface area contributed by atoms with Crippen LogP contribution in [0.1, 0.15) is 24.0 Å². The second-order valence-corrected chi connectivity index (χ2v) is 6.02. The first-order valence-electron chi connectivity index (χ1n) is 7.38. The molecule has 1 fully saturated rings. The third-order valence-electron chi connectivity index (χ3n) is 4.36. The Morgan fingerprint density at radius 1 is 0.905 bits per heavy atom. The largest absolute Gasteiger partial charge is 0.380 e. The average molecular weight is 301 g/mol. The Balaban J connectivity index is 2.07. The van der Waals surface area contributed by atoms with Crippen LogP contribution < -0.4 is 5.32 Å². The van der Waals surface area contributed by atoms with Gasteiger partial charge in [0.15, 0.2) is 0 Å². The fourth-order valence-electron chi connectivity index (χ4n) is 3.20. The topological polar surface area (TPSA) is 34.3 Å². The monoisotopic (exact) mass is 300 g/mol. The molecule has 109 valence electrons. The number of halogens is 1. The summed E-state index contributed by atoms with van der Waals surface area (Å²) in [5.74, 6) is 0.179. The molecule has 2 nitrogen and oxygen atoms in total. The van der Waals surface area contributed by atoms with Crippen LogP contribution in [0.5, 0.6) is 0 Å². The summed E-state index contributed by atoms with van der Waals surface area (Å²) >= 11 is 6.00. The molecule has 1 unspecified atom stereocenters. The van der Waals surface area contributed by atoms with Gasteiger partial charge in [0.2, 0.25) is 0 Å². The zero-order valence-corrected chi connectivity index (χ0v) is 12.6. The van der Waals surface area contributed by atoms with Crippen molar-refractivity contribution in [3.8, 4) is 0 Å². The SMILES string of the molecule is OC(c1ccccc1)(c1ccc(Cl)cc1)C1CC[N]CC1. The Hall–Kier alpha value is -1.35. The lowest BCUT2D eigenvalue weighted by Crippen LogP contribution is -2.41. The minimum absolute atomic E-state index is 0.179. The highest BCUT2D eigenvalue weighted by molar-refractivity contribution is 6.30. The van der Waals surface area contributed by atoms with Crippen LogP contribution in [0.3, 0.4) is 0 Å². The molecule has 1 saturated heterocycles. The highest BCUT2D eigenvalue weighted by Crippen LogP contribution is 2.41. The molecule has 1 radical (unpaired) electrons. The van der Waals surface area contributed by atoms with E-state index in [1.165, 1.54) is 0 Å². The van der Waals surface area contributed by atoms with Crippen LogP contribution in [-0.4, -0.2) is 18.2 Å². The lowest BCUT2D eigenvalue weighted by molar-refractivity contribution is 0.00199. The van der Waals surface area contributed by atoms with Crippen LogP contribution in [0.4, 0.5) is 0 Å². The normalized spacial score (nSPS) is 19.1. The number of piperidine rings is 1. The smallest absolute Gasteiger partial charge is 0.117 e. The maximum Gasteiger partial charge on any atom is 0.117 e. The molecule has 0 amide bonds. The number of aliphatic hydroxyl groups is 1. The zero-order chi connectivity index (χ0) is 14.7. The summed E-state index contributed by atoms with van der Waals surface area (Å²) in [4.78, 5) is 0. The zero-order valence-electron chi connectivity index (χ0n) is 11.9. The van der Waals surface area contributed by atoms with E-state index in [1.807, 2.05) is 54.6 Å². The fraction of sp³-hybridized carbons (Fsp3) is 0.333. The van der Waals surface area contributed by atoms with Crippen LogP contribution in [0, 0.1) is 5.92 Å². The van der Waals surface area contributed by atoms with Gasteiger partial charge in [-0.2, -0.15) is 0 Å². The maximum atomic E-state index is 11.6. The van der Waals surface area contributed by atoms with Gasteiger partial charge in [0.1, 0.15) is 5.60 Å². The molecule has 0 spiro atoms. The summed E-state index contributed by atoms with van der Waals surface area (Å²) in [6.45, 7) is 1.65. The summed E-state index contributed by atoms with van der Waals surface area (Å²) in [5, 5.41) is 16.7. The van der Waals surface area contributed by atoms with Crippen molar-refractivity contribution in [2.45, 2.75) is 18.4 Å². The van der Waals surface area contributed by atoms with Crippen LogP contribution in [0.25, 0.3) is 0 Å². The molecular weight excluding hydrogens is 282 g/mol. The third kappa shape index (κ3) is 2.84. The van der Waals surface area contributed by atoms with E-state index in [0.717, 1.165) is 37.1 Å². The van der Waals surface area contributed by atoms with E-state index in [2.05, 4.69) is 5.32 Å². The van der Waals surface area contributed by atoms with Gasteiger partial charge in [0.25, 0.3) is 0 Å². The van der Waals surface area contributed by atoms with Crippen molar-refractivity contribution in [1.82, 2.24) is 5.32 Å². The molecular formula is C18H19ClNO. The van der Waals surface area contributed by atoms with Gasteiger partial charge in [0, 0.05) is 18.1 Å². The van der Waals surface area contributed by atoms with Gasteiger partial charge >= 0.3 is 0 Å². The van der Waals surface area contributed by atoms with Crippen molar-refractivity contribution < 1.29 is 5.11 Å². The second kappa shape index (κ2) is 6.18. The van der Waals surface area contributed by atoms with Gasteiger partial charge < -0.3 is 5.11 Å². The van der Waals surface area contributed by atoms with Crippen molar-refractivity contribution in [2.24, 2.45) is 5.92 Å². The summed E-state index contributed by atoms with van der Waals surface area (Å²) in [6.07, 6.45) is 1.82. The van der Waals surface area contributed by atoms with Crippen molar-refractivity contribution in [3.63, 3.8) is 0 Å². The molecule has 0 bridgehead atoms. The van der Waals surface area contributed by atoms with Crippen molar-refractivity contribution in [2.75, 3.05) is 13.1 Å². The molecule has 1 aliphatic rings. The lowest BCUT2D eigenvalue weighted by Gasteiger charge is -2.39. The standard InChI is InChI=1S/C18H19ClNO/c19-17-8-6-15(7-9-17)18(21,14-4-2-1-3-5-14)16-10-12-20-13-11-16/h1-9,16,21H,10-13H2. The van der Waals surface area contributed by atoms with Gasteiger partial charge in [-0.1, -0.05) is 54.1 Å². The van der Waals surface area contributed by atoms with E-state index >= 15 is 0 Å². The van der Waals surface area contributed by atoms with E-state index in [1.54, 1.807) is 0 Å². The number of nitrogens with zero attached hydrogens (tertiary/aromatic N) is 1. The third-order valence-corrected chi connectivity index (χ3v) is 4.61. The summed E-state index contributed by atoms with van der Waals surface area (Å²) in [6, 6.07) is 17.5. The van der Waals surface area contributed by atoms with E-state index in [4.69, 9.17) is 11.6 Å². The predicted molar refractivity (Wildman–Crippen MR) is 85.5 cm³/mol. The van der Waals surface area contributed by atoms with Crippen molar-refractivity contribution in [3.05, 3.63) is 70.7 Å². The molecule has 1 heterocycles. The minimum Gasteiger partial charge on any atom is -0.380 e. The van der Waals surface area contributed by atoms with Gasteiger partial charge in [-0.25, -0.2) is 5.32 Å². The maximum absolute atomic E-state index is 11.6. The Morgan fingerprint density at radius 3 is 2.10 bits per heavy atom. The molecule has 1 aliphatic heterocycles. The van der Waals surface area contributed by atoms with Gasteiger partial charge in [-0.3, -0.25) is 0 Å². The molecule has 0 aromatic heterocycles. The van der Waals surface area contributed by atoms with Crippen molar-refractivity contribution in [1.29, 1.82) is 0 Å². The Morgan fingerprint density at radius 2 is 1.48 bits per heavy atom. The quantitative estimate of drug-likeness (QED) is 0.923. The molecule has 0 saturated carbocycles. The molecule has 0 aliphatic carbocycles. The number of rotatable bonds is 3. The number of benzene rings is 2. The molecule has 2 aromatic carbocycles. The highest BCUT2D eigenvalue weighted by Gasteiger charge is 2.40. The first kappa shape index (κ1) is 14.6. The average Bonchev–Trinajstić information content (AvgIpc) is 2.56. The van der Waals surface area contributed by atoms with Gasteiger partial charge in [-0.15, -0.1) is 0 Å². The van der Waals surface area contributed by atoms with Gasteiger partial charge in [0.05, 0.1) is 0 Å². The highest BCUT2D eigenvalue weighted by atomic mass is 35.5. The summed E-state index contributed by atoms with van der Waals surface area (Å²) in [7, 11) is 0. The number of hydrogen-bond acceptors (Lipinski definition) is 1. The van der Waals surface area contributed by atoms with Gasteiger partial charge in [-0.05, 0) is 42.0 Å². The van der Waals surface area contributed by atoms with E-state index in [-0.39, 0.29) is 5.92 Å². The first-order valence-corrected chi connectivity index (χ1v) is 7.76. The molecule has 2 aromatic rings. The van der Waals surface area contributed by atoms with Crippen LogP contribution >= 0.6 is 11.6 Å². The molecule has 1 N–H and O–H groups in total. The lowest BCUT2D eigenvalue weighted by atomic mass is 9.72. The first-order chi connectivity index (χ1) is 10.2. The molecule has 1 atom stereocenters. The molecule has 21 heavy (non-hydrogen) atoms. The second-order valence-electron chi connectivity index (χ2n) is 5.58. The predicted octanol–water partition coefficient (Wildman–Crippen LogP) is 3.59. The summed E-state index contributed by atoms with van der Waals surface area (Å²) < 4.78 is 0. The fourth-order valence-corrected chi connectivity index (χ4v) is 3.33. The van der Waals surface area contributed by atoms with E-state index in [0.29, 0.717) is 5.02 Å². The van der Waals surface area contributed by atoms with Crippen molar-refractivity contribution >= 4 is 11.6 Å². The van der Waals surface area contributed by atoms with Crippen LogP contribution in [0.15, 0.2) is 54.6 Å². The molecule has 3 rings (SSSR count). The van der Waals surface area contributed by atoms with Crippen LogP contribution in [0.2, 0.25) is 5.02 Å². The van der Waals surface area contributed by atoms with E-state index in [9.17, 15) is 5.11 Å². The van der Waals surface area contributed by atoms with E-state index < -0.39 is 5.60 Å². The Labute approximate surface area is 130 Å². The Bertz CT molecular complexity index is 578. The Kier molecular flexibility index (Phi) is 4.29.